The first-order valence-electron chi connectivity index (χ1n) is 7.08. The summed E-state index contributed by atoms with van der Waals surface area (Å²) in [5.41, 5.74) is 3.87. The molecule has 20 heavy (non-hydrogen) atoms. The van der Waals surface area contributed by atoms with Crippen molar-refractivity contribution in [3.05, 3.63) is 48.7 Å². The molecule has 2 heteroatoms. The van der Waals surface area contributed by atoms with E-state index < -0.39 is 0 Å². The van der Waals surface area contributed by atoms with Crippen molar-refractivity contribution in [3.63, 3.8) is 0 Å². The van der Waals surface area contributed by atoms with Crippen LogP contribution in [0.3, 0.4) is 0 Å². The lowest BCUT2D eigenvalue weighted by Gasteiger charge is -2.12. The zero-order valence-electron chi connectivity index (χ0n) is 12.7. The number of fused-ring (bicyclic) bond motifs is 1. The lowest BCUT2D eigenvalue weighted by atomic mass is 10.1. The van der Waals surface area contributed by atoms with E-state index in [9.17, 15) is 0 Å². The van der Waals surface area contributed by atoms with Gasteiger partial charge in [0.05, 0.1) is 16.9 Å². The standard InChI is InChI=1S/C14H14N2.C4H10/c1-4-10-12(5-2)16-13-9-7-6-8-11(13)14(10)15-3;1-3-4-2/h4-9H,1-2H2,3H3,(H,15,16);3-4H2,1-2H3. The maximum absolute atomic E-state index is 4.54. The van der Waals surface area contributed by atoms with Gasteiger partial charge in [-0.3, -0.25) is 0 Å². The highest BCUT2D eigenvalue weighted by Gasteiger charge is 2.08. The molecule has 0 amide bonds. The lowest BCUT2D eigenvalue weighted by molar-refractivity contribution is 0.886. The predicted molar refractivity (Wildman–Crippen MR) is 92.1 cm³/mol. The summed E-state index contributed by atoms with van der Waals surface area (Å²) in [6.45, 7) is 12.0. The number of aromatic nitrogens is 1. The Morgan fingerprint density at radius 2 is 1.75 bits per heavy atom. The smallest absolute Gasteiger partial charge is 0.0730 e. The number of hydrogen-bond donors (Lipinski definition) is 1. The minimum atomic E-state index is 0.859. The van der Waals surface area contributed by atoms with Crippen molar-refractivity contribution in [1.82, 2.24) is 4.98 Å². The highest BCUT2D eigenvalue weighted by atomic mass is 14.8. The number of nitrogens with one attached hydrogen (secondary N) is 1. The van der Waals surface area contributed by atoms with Gasteiger partial charge >= 0.3 is 0 Å². The Bertz CT molecular complexity index is 583. The van der Waals surface area contributed by atoms with Crippen LogP contribution in [0, 0.1) is 0 Å². The summed E-state index contributed by atoms with van der Waals surface area (Å²) in [6, 6.07) is 8.03. The average molecular weight is 268 g/mol. The Balaban J connectivity index is 0.000000444. The third-order valence-electron chi connectivity index (χ3n) is 3.11. The van der Waals surface area contributed by atoms with Crippen molar-refractivity contribution in [2.75, 3.05) is 12.4 Å². The number of nitrogens with zero attached hydrogens (tertiary/aromatic N) is 1. The van der Waals surface area contributed by atoms with Gasteiger partial charge in [-0.1, -0.05) is 64.1 Å². The molecule has 0 aliphatic carbocycles. The molecule has 2 aromatic rings. The van der Waals surface area contributed by atoms with Crippen LogP contribution >= 0.6 is 0 Å². The summed E-state index contributed by atoms with van der Waals surface area (Å²) in [4.78, 5) is 4.54. The van der Waals surface area contributed by atoms with Crippen LogP contribution < -0.4 is 5.32 Å². The first-order valence-corrected chi connectivity index (χ1v) is 7.08. The van der Waals surface area contributed by atoms with Crippen molar-refractivity contribution < 1.29 is 0 Å². The van der Waals surface area contributed by atoms with Crippen LogP contribution in [0.2, 0.25) is 0 Å². The first kappa shape index (κ1) is 16.0. The highest BCUT2D eigenvalue weighted by Crippen LogP contribution is 2.29. The molecule has 1 N–H and O–H groups in total. The Hall–Kier alpha value is -2.09. The molecule has 106 valence electrons. The minimum absolute atomic E-state index is 0.859. The zero-order chi connectivity index (χ0) is 15.0. The molecule has 0 spiro atoms. The van der Waals surface area contributed by atoms with Gasteiger partial charge in [0, 0.05) is 18.0 Å². The van der Waals surface area contributed by atoms with Crippen molar-refractivity contribution in [2.45, 2.75) is 26.7 Å². The molecule has 1 heterocycles. The largest absolute Gasteiger partial charge is 0.387 e. The highest BCUT2D eigenvalue weighted by molar-refractivity contribution is 5.97. The number of pyridine rings is 1. The monoisotopic (exact) mass is 268 g/mol. The molecule has 0 aliphatic heterocycles. The fourth-order valence-corrected chi connectivity index (χ4v) is 1.88. The summed E-state index contributed by atoms with van der Waals surface area (Å²) >= 11 is 0. The summed E-state index contributed by atoms with van der Waals surface area (Å²) in [6.07, 6.45) is 6.20. The van der Waals surface area contributed by atoms with Gasteiger partial charge in [-0.25, -0.2) is 4.98 Å². The average Bonchev–Trinajstić information content (AvgIpc) is 2.52. The molecule has 2 nitrogen and oxygen atoms in total. The molecule has 2 rings (SSSR count). The van der Waals surface area contributed by atoms with Crippen LogP contribution in [0.1, 0.15) is 37.9 Å². The van der Waals surface area contributed by atoms with Gasteiger partial charge in [0.25, 0.3) is 0 Å². The molecule has 0 radical (unpaired) electrons. The fraction of sp³-hybridized carbons (Fsp3) is 0.278. The van der Waals surface area contributed by atoms with E-state index >= 15 is 0 Å². The third-order valence-corrected chi connectivity index (χ3v) is 3.11. The topological polar surface area (TPSA) is 24.9 Å². The molecule has 0 atom stereocenters. The van der Waals surface area contributed by atoms with Gasteiger partial charge in [-0.05, 0) is 12.1 Å². The van der Waals surface area contributed by atoms with Crippen LogP contribution in [0.25, 0.3) is 23.1 Å². The normalized spacial score (nSPS) is 9.55. The van der Waals surface area contributed by atoms with Gasteiger partial charge in [0.1, 0.15) is 0 Å². The van der Waals surface area contributed by atoms with E-state index in [-0.39, 0.29) is 0 Å². The number of para-hydroxylation sites is 1. The Morgan fingerprint density at radius 3 is 2.25 bits per heavy atom. The number of benzene rings is 1. The molecule has 0 aliphatic rings. The third kappa shape index (κ3) is 3.47. The van der Waals surface area contributed by atoms with Gasteiger partial charge in [0.15, 0.2) is 0 Å². The maximum Gasteiger partial charge on any atom is 0.0730 e. The van der Waals surface area contributed by atoms with Gasteiger partial charge in [-0.15, -0.1) is 0 Å². The van der Waals surface area contributed by atoms with Gasteiger partial charge in [0.2, 0.25) is 0 Å². The Labute approximate surface area is 122 Å². The van der Waals surface area contributed by atoms with Crippen molar-refractivity contribution in [1.29, 1.82) is 0 Å². The molecule has 0 saturated heterocycles. The number of anilines is 1. The van der Waals surface area contributed by atoms with Crippen LogP contribution in [0.15, 0.2) is 37.4 Å². The second-order valence-corrected chi connectivity index (χ2v) is 4.46. The summed E-state index contributed by atoms with van der Waals surface area (Å²) in [7, 11) is 1.90. The quantitative estimate of drug-likeness (QED) is 0.806. The van der Waals surface area contributed by atoms with Crippen LogP contribution in [0.4, 0.5) is 5.69 Å². The summed E-state index contributed by atoms with van der Waals surface area (Å²) in [5.74, 6) is 0. The van der Waals surface area contributed by atoms with E-state index in [1.54, 1.807) is 6.08 Å². The van der Waals surface area contributed by atoms with E-state index in [0.717, 1.165) is 27.8 Å². The van der Waals surface area contributed by atoms with Crippen LogP contribution in [-0.2, 0) is 0 Å². The van der Waals surface area contributed by atoms with E-state index in [1.165, 1.54) is 12.8 Å². The molecular weight excluding hydrogens is 244 g/mol. The summed E-state index contributed by atoms with van der Waals surface area (Å²) < 4.78 is 0. The Morgan fingerprint density at radius 1 is 1.10 bits per heavy atom. The van der Waals surface area contributed by atoms with Gasteiger partial charge in [-0.2, -0.15) is 0 Å². The Kier molecular flexibility index (Phi) is 6.51. The SMILES string of the molecule is C=Cc1nc2ccccc2c(NC)c1C=C.CCCC. The first-order chi connectivity index (χ1) is 9.73. The number of hydrogen-bond acceptors (Lipinski definition) is 2. The fourth-order valence-electron chi connectivity index (χ4n) is 1.88. The molecule has 0 unspecified atom stereocenters. The molecule has 1 aromatic heterocycles. The molecule has 0 fully saturated rings. The molecular formula is C18H24N2. The molecule has 1 aromatic carbocycles. The van der Waals surface area contributed by atoms with Crippen LogP contribution in [-0.4, -0.2) is 12.0 Å². The summed E-state index contributed by atoms with van der Waals surface area (Å²) in [5, 5.41) is 4.31. The van der Waals surface area contributed by atoms with E-state index in [4.69, 9.17) is 0 Å². The van der Waals surface area contributed by atoms with Crippen molar-refractivity contribution in [2.24, 2.45) is 0 Å². The van der Waals surface area contributed by atoms with E-state index in [1.807, 2.05) is 37.4 Å². The zero-order valence-corrected chi connectivity index (χ0v) is 12.7. The minimum Gasteiger partial charge on any atom is -0.387 e. The van der Waals surface area contributed by atoms with Crippen LogP contribution in [0.5, 0.6) is 0 Å². The van der Waals surface area contributed by atoms with Gasteiger partial charge < -0.3 is 5.32 Å². The van der Waals surface area contributed by atoms with E-state index in [0.29, 0.717) is 0 Å². The molecule has 0 bridgehead atoms. The number of rotatable bonds is 4. The van der Waals surface area contributed by atoms with Crippen molar-refractivity contribution in [3.8, 4) is 0 Å². The lowest BCUT2D eigenvalue weighted by Crippen LogP contribution is -1.98. The predicted octanol–water partition coefficient (Wildman–Crippen LogP) is 5.37. The second-order valence-electron chi connectivity index (χ2n) is 4.46. The number of unbranched alkanes of at least 4 members (excludes halogenated alkanes) is 1. The second kappa shape index (κ2) is 8.16. The van der Waals surface area contributed by atoms with Crippen molar-refractivity contribution >= 4 is 28.7 Å². The molecule has 0 saturated carbocycles. The maximum atomic E-state index is 4.54. The van der Waals surface area contributed by atoms with E-state index in [2.05, 4.69) is 37.3 Å².